The van der Waals surface area contributed by atoms with Crippen LogP contribution in [0.3, 0.4) is 0 Å². The molecule has 2 fully saturated rings. The SMILES string of the molecule is Cc1c(OCCCCN(C)CCO)ccc(C2CCC[C@H]3CN(C(=O)c4ccc(Cl)cc4)CCN23)c1C. The maximum atomic E-state index is 13.1. The summed E-state index contributed by atoms with van der Waals surface area (Å²) in [7, 11) is 2.04. The number of halogens is 1. The molecule has 1 N–H and O–H groups in total. The zero-order chi connectivity index (χ0) is 26.4. The second kappa shape index (κ2) is 13.1. The van der Waals surface area contributed by atoms with E-state index in [0.29, 0.717) is 29.3 Å². The summed E-state index contributed by atoms with van der Waals surface area (Å²) in [6.07, 6.45) is 5.52. The van der Waals surface area contributed by atoms with Crippen LogP contribution in [0.2, 0.25) is 5.02 Å². The number of carbonyl (C=O) groups is 1. The topological polar surface area (TPSA) is 56.3 Å². The average molecular weight is 528 g/mol. The molecule has 0 bridgehead atoms. The maximum Gasteiger partial charge on any atom is 0.253 e. The van der Waals surface area contributed by atoms with E-state index in [9.17, 15) is 4.79 Å². The van der Waals surface area contributed by atoms with E-state index in [-0.39, 0.29) is 12.5 Å². The molecule has 6 nitrogen and oxygen atoms in total. The van der Waals surface area contributed by atoms with Crippen molar-refractivity contribution in [3.05, 3.63) is 63.7 Å². The van der Waals surface area contributed by atoms with E-state index in [4.69, 9.17) is 21.4 Å². The highest BCUT2D eigenvalue weighted by molar-refractivity contribution is 6.30. The van der Waals surface area contributed by atoms with Gasteiger partial charge in [0.1, 0.15) is 5.75 Å². The van der Waals surface area contributed by atoms with E-state index < -0.39 is 0 Å². The molecule has 202 valence electrons. The molecule has 2 heterocycles. The molecule has 37 heavy (non-hydrogen) atoms. The van der Waals surface area contributed by atoms with Gasteiger partial charge in [0.05, 0.1) is 13.2 Å². The summed E-state index contributed by atoms with van der Waals surface area (Å²) in [4.78, 5) is 19.9. The number of benzene rings is 2. The molecular formula is C30H42ClN3O3. The molecule has 1 amide bonds. The van der Waals surface area contributed by atoms with Gasteiger partial charge in [-0.2, -0.15) is 0 Å². The number of nitrogens with zero attached hydrogens (tertiary/aromatic N) is 3. The van der Waals surface area contributed by atoms with Gasteiger partial charge in [-0.25, -0.2) is 0 Å². The number of piperazine rings is 1. The van der Waals surface area contributed by atoms with Crippen LogP contribution in [0.1, 0.15) is 65.2 Å². The number of unbranched alkanes of at least 4 members (excludes halogenated alkanes) is 1. The number of amides is 1. The van der Waals surface area contributed by atoms with Gasteiger partial charge < -0.3 is 19.6 Å². The van der Waals surface area contributed by atoms with Crippen LogP contribution in [0.4, 0.5) is 0 Å². The molecule has 2 aromatic rings. The fourth-order valence-corrected chi connectivity index (χ4v) is 5.95. The van der Waals surface area contributed by atoms with Crippen LogP contribution in [0, 0.1) is 13.8 Å². The van der Waals surface area contributed by atoms with E-state index in [1.54, 1.807) is 12.1 Å². The molecule has 1 unspecified atom stereocenters. The molecule has 0 aromatic heterocycles. The largest absolute Gasteiger partial charge is 0.493 e. The van der Waals surface area contributed by atoms with Gasteiger partial charge in [-0.3, -0.25) is 9.69 Å². The van der Waals surface area contributed by atoms with E-state index in [0.717, 1.165) is 64.2 Å². The van der Waals surface area contributed by atoms with E-state index in [1.165, 1.54) is 23.1 Å². The molecule has 0 aliphatic carbocycles. The zero-order valence-corrected chi connectivity index (χ0v) is 23.3. The Morgan fingerprint density at radius 2 is 1.84 bits per heavy atom. The highest BCUT2D eigenvalue weighted by atomic mass is 35.5. The summed E-state index contributed by atoms with van der Waals surface area (Å²) in [5, 5.41) is 9.67. The third kappa shape index (κ3) is 6.85. The normalized spacial score (nSPS) is 20.2. The molecule has 7 heteroatoms. The number of piperidine rings is 1. The van der Waals surface area contributed by atoms with Crippen LogP contribution in [-0.2, 0) is 0 Å². The molecule has 2 aliphatic rings. The van der Waals surface area contributed by atoms with Crippen molar-refractivity contribution in [1.29, 1.82) is 0 Å². The molecule has 2 aliphatic heterocycles. The molecule has 2 atom stereocenters. The summed E-state index contributed by atoms with van der Waals surface area (Å²) in [5.74, 6) is 1.09. The van der Waals surface area contributed by atoms with Crippen LogP contribution >= 0.6 is 11.6 Å². The Morgan fingerprint density at radius 1 is 1.05 bits per heavy atom. The highest BCUT2D eigenvalue weighted by Crippen LogP contribution is 2.39. The third-order valence-electron chi connectivity index (χ3n) is 8.13. The predicted octanol–water partition coefficient (Wildman–Crippen LogP) is 5.09. The first-order chi connectivity index (χ1) is 17.9. The van der Waals surface area contributed by atoms with Crippen molar-refractivity contribution in [3.63, 3.8) is 0 Å². The lowest BCUT2D eigenvalue weighted by molar-refractivity contribution is 0.0101. The van der Waals surface area contributed by atoms with Crippen molar-refractivity contribution in [1.82, 2.24) is 14.7 Å². The number of carbonyl (C=O) groups excluding carboxylic acids is 1. The number of aliphatic hydroxyl groups excluding tert-OH is 1. The van der Waals surface area contributed by atoms with Crippen molar-refractivity contribution in [2.75, 3.05) is 53.0 Å². The molecule has 0 saturated carbocycles. The third-order valence-corrected chi connectivity index (χ3v) is 8.39. The summed E-state index contributed by atoms with van der Waals surface area (Å²) in [5.41, 5.74) is 4.67. The van der Waals surface area contributed by atoms with Crippen LogP contribution < -0.4 is 4.74 Å². The quantitative estimate of drug-likeness (QED) is 0.436. The Balaban J connectivity index is 1.36. The second-order valence-electron chi connectivity index (χ2n) is 10.6. The van der Waals surface area contributed by atoms with Gasteiger partial charge in [-0.1, -0.05) is 17.7 Å². The Bertz CT molecular complexity index is 1050. The van der Waals surface area contributed by atoms with E-state index in [2.05, 4.69) is 35.8 Å². The number of likely N-dealkylation sites (N-methyl/N-ethyl adjacent to an activating group) is 1. The zero-order valence-electron chi connectivity index (χ0n) is 22.6. The Kier molecular flexibility index (Phi) is 9.88. The minimum absolute atomic E-state index is 0.104. The monoisotopic (exact) mass is 527 g/mol. The number of aliphatic hydroxyl groups is 1. The van der Waals surface area contributed by atoms with Crippen LogP contribution in [0.5, 0.6) is 5.75 Å². The van der Waals surface area contributed by atoms with Crippen molar-refractivity contribution in [2.45, 2.75) is 58.0 Å². The van der Waals surface area contributed by atoms with Gasteiger partial charge >= 0.3 is 0 Å². The van der Waals surface area contributed by atoms with Gasteiger partial charge in [-0.05, 0) is 107 Å². The first-order valence-corrected chi connectivity index (χ1v) is 14.1. The molecular weight excluding hydrogens is 486 g/mol. The van der Waals surface area contributed by atoms with Gasteiger partial charge in [0, 0.05) is 48.8 Å². The summed E-state index contributed by atoms with van der Waals surface area (Å²) in [6.45, 7) is 9.44. The fraction of sp³-hybridized carbons (Fsp3) is 0.567. The molecule has 4 rings (SSSR count). The Labute approximate surface area is 227 Å². The maximum absolute atomic E-state index is 13.1. The number of hydrogen-bond acceptors (Lipinski definition) is 5. The molecule has 2 aromatic carbocycles. The number of hydrogen-bond donors (Lipinski definition) is 1. The Hall–Kier alpha value is -2.12. The first kappa shape index (κ1) is 27.9. The van der Waals surface area contributed by atoms with Gasteiger partial charge in [0.15, 0.2) is 0 Å². The lowest BCUT2D eigenvalue weighted by Crippen LogP contribution is -2.57. The molecule has 0 radical (unpaired) electrons. The standard InChI is InChI=1S/C30H42ClN3O3/c1-22-23(2)29(37-20-5-4-15-32(3)18-19-35)14-13-27(22)28-8-6-7-26-21-33(16-17-34(26)28)30(36)24-9-11-25(31)12-10-24/h9-14,26,28,35H,4-8,15-21H2,1-3H3/t26-,28?/m0/s1. The first-order valence-electron chi connectivity index (χ1n) is 13.7. The number of ether oxygens (including phenoxy) is 1. The van der Waals surface area contributed by atoms with Crippen molar-refractivity contribution in [2.24, 2.45) is 0 Å². The second-order valence-corrected chi connectivity index (χ2v) is 11.0. The lowest BCUT2D eigenvalue weighted by atomic mass is 9.86. The highest BCUT2D eigenvalue weighted by Gasteiger charge is 2.37. The van der Waals surface area contributed by atoms with Crippen molar-refractivity contribution in [3.8, 4) is 5.75 Å². The predicted molar refractivity (Wildman–Crippen MR) is 150 cm³/mol. The minimum Gasteiger partial charge on any atom is -0.493 e. The Morgan fingerprint density at radius 3 is 2.59 bits per heavy atom. The summed E-state index contributed by atoms with van der Waals surface area (Å²) < 4.78 is 6.16. The summed E-state index contributed by atoms with van der Waals surface area (Å²) in [6, 6.07) is 12.4. The fourth-order valence-electron chi connectivity index (χ4n) is 5.83. The average Bonchev–Trinajstić information content (AvgIpc) is 2.90. The van der Waals surface area contributed by atoms with Crippen molar-refractivity contribution < 1.29 is 14.6 Å². The minimum atomic E-state index is 0.104. The number of rotatable bonds is 10. The van der Waals surface area contributed by atoms with Gasteiger partial charge in [0.25, 0.3) is 5.91 Å². The number of fused-ring (bicyclic) bond motifs is 1. The smallest absolute Gasteiger partial charge is 0.253 e. The van der Waals surface area contributed by atoms with Gasteiger partial charge in [0.2, 0.25) is 0 Å². The van der Waals surface area contributed by atoms with E-state index in [1.807, 2.05) is 24.1 Å². The lowest BCUT2D eigenvalue weighted by Gasteiger charge is -2.48. The van der Waals surface area contributed by atoms with Crippen LogP contribution in [0.25, 0.3) is 0 Å². The van der Waals surface area contributed by atoms with Crippen molar-refractivity contribution >= 4 is 17.5 Å². The molecule has 2 saturated heterocycles. The van der Waals surface area contributed by atoms with Crippen LogP contribution in [0.15, 0.2) is 36.4 Å². The van der Waals surface area contributed by atoms with Crippen LogP contribution in [-0.4, -0.2) is 84.7 Å². The van der Waals surface area contributed by atoms with E-state index >= 15 is 0 Å². The molecule has 0 spiro atoms. The van der Waals surface area contributed by atoms with Gasteiger partial charge in [-0.15, -0.1) is 0 Å². The summed E-state index contributed by atoms with van der Waals surface area (Å²) >= 11 is 6.01.